The highest BCUT2D eigenvalue weighted by molar-refractivity contribution is 5.94. The molecule has 0 heterocycles. The normalized spacial score (nSPS) is 12.9. The third-order valence-electron chi connectivity index (χ3n) is 1.45. The maximum absolute atomic E-state index is 11.4. The smallest absolute Gasteiger partial charge is 0.338 e. The summed E-state index contributed by atoms with van der Waals surface area (Å²) < 4.78 is 4.83. The van der Waals surface area contributed by atoms with Crippen LogP contribution < -0.4 is 0 Å². The van der Waals surface area contributed by atoms with Crippen molar-refractivity contribution >= 4 is 12.2 Å². The Balaban J connectivity index is 4.84. The van der Waals surface area contributed by atoms with Crippen LogP contribution >= 0.6 is 0 Å². The molecule has 0 bridgehead atoms. The molecule has 82 valence electrons. The Labute approximate surface area is 89.2 Å². The van der Waals surface area contributed by atoms with E-state index in [0.29, 0.717) is 17.8 Å². The van der Waals surface area contributed by atoms with Gasteiger partial charge in [0.15, 0.2) is 0 Å². The molecule has 15 heavy (non-hydrogen) atoms. The molecule has 1 N–H and O–H groups in total. The molecule has 0 spiro atoms. The first-order valence-electron chi connectivity index (χ1n) is 4.51. The monoisotopic (exact) mass is 209 g/mol. The highest BCUT2D eigenvalue weighted by Crippen LogP contribution is 2.04. The minimum absolute atomic E-state index is 0.314. The fourth-order valence-corrected chi connectivity index (χ4v) is 0.890. The number of allylic oxidation sites excluding steroid dienone is 3. The van der Waals surface area contributed by atoms with Crippen molar-refractivity contribution in [2.45, 2.75) is 13.8 Å². The summed E-state index contributed by atoms with van der Waals surface area (Å²) in [7, 11) is 0. The van der Waals surface area contributed by atoms with Crippen LogP contribution in [0.4, 0.5) is 0 Å². The number of carbonyl (C=O) groups excluding carboxylic acids is 1. The highest BCUT2D eigenvalue weighted by Gasteiger charge is 2.06. The molecule has 0 atom stereocenters. The van der Waals surface area contributed by atoms with Gasteiger partial charge in [-0.25, -0.2) is 4.79 Å². The van der Waals surface area contributed by atoms with Crippen molar-refractivity contribution in [3.05, 3.63) is 36.0 Å². The van der Waals surface area contributed by atoms with E-state index in [1.54, 1.807) is 19.9 Å². The third kappa shape index (κ3) is 5.46. The SMILES string of the molecule is C=C\C=C(/C=C(C)/C=N/O)C(=O)OCC. The molecule has 4 heteroatoms. The summed E-state index contributed by atoms with van der Waals surface area (Å²) in [6, 6.07) is 0. The van der Waals surface area contributed by atoms with Crippen molar-refractivity contribution in [3.8, 4) is 0 Å². The minimum atomic E-state index is -0.428. The number of carbonyl (C=O) groups is 1. The first-order valence-corrected chi connectivity index (χ1v) is 4.51. The van der Waals surface area contributed by atoms with Crippen LogP contribution in [0.1, 0.15) is 13.8 Å². The average Bonchev–Trinajstić information content (AvgIpc) is 2.18. The second kappa shape index (κ2) is 7.55. The van der Waals surface area contributed by atoms with Crippen LogP contribution in [0.3, 0.4) is 0 Å². The van der Waals surface area contributed by atoms with E-state index in [1.165, 1.54) is 18.4 Å². The molecule has 0 saturated heterocycles. The van der Waals surface area contributed by atoms with Gasteiger partial charge in [0.05, 0.1) is 18.4 Å². The van der Waals surface area contributed by atoms with Gasteiger partial charge in [0.25, 0.3) is 0 Å². The van der Waals surface area contributed by atoms with Gasteiger partial charge < -0.3 is 9.94 Å². The van der Waals surface area contributed by atoms with Gasteiger partial charge in [-0.15, -0.1) is 0 Å². The van der Waals surface area contributed by atoms with Crippen molar-refractivity contribution in [2.75, 3.05) is 6.61 Å². The third-order valence-corrected chi connectivity index (χ3v) is 1.45. The van der Waals surface area contributed by atoms with Crippen molar-refractivity contribution in [1.29, 1.82) is 0 Å². The molecule has 0 rings (SSSR count). The Bertz CT molecular complexity index is 314. The van der Waals surface area contributed by atoms with Crippen LogP contribution in [0, 0.1) is 0 Å². The van der Waals surface area contributed by atoms with Crippen LogP contribution in [-0.2, 0) is 9.53 Å². The van der Waals surface area contributed by atoms with Gasteiger partial charge in [-0.1, -0.05) is 17.8 Å². The Morgan fingerprint density at radius 2 is 2.27 bits per heavy atom. The predicted octanol–water partition coefficient (Wildman–Crippen LogP) is 2.07. The largest absolute Gasteiger partial charge is 0.462 e. The maximum atomic E-state index is 11.4. The van der Waals surface area contributed by atoms with Crippen LogP contribution in [0.2, 0.25) is 0 Å². The second-order valence-corrected chi connectivity index (χ2v) is 2.71. The van der Waals surface area contributed by atoms with Gasteiger partial charge in [-0.3, -0.25) is 0 Å². The Morgan fingerprint density at radius 1 is 1.60 bits per heavy atom. The van der Waals surface area contributed by atoms with E-state index in [-0.39, 0.29) is 0 Å². The number of hydrogen-bond acceptors (Lipinski definition) is 4. The van der Waals surface area contributed by atoms with Crippen LogP contribution in [0.25, 0.3) is 0 Å². The van der Waals surface area contributed by atoms with E-state index in [4.69, 9.17) is 9.94 Å². The molecular formula is C11H15NO3. The molecule has 0 aliphatic heterocycles. The first-order chi connectivity index (χ1) is 7.15. The zero-order valence-electron chi connectivity index (χ0n) is 8.93. The number of oxime groups is 1. The van der Waals surface area contributed by atoms with Crippen molar-refractivity contribution in [1.82, 2.24) is 0 Å². The van der Waals surface area contributed by atoms with E-state index in [0.717, 1.165) is 0 Å². The van der Waals surface area contributed by atoms with E-state index in [1.807, 2.05) is 0 Å². The topological polar surface area (TPSA) is 58.9 Å². The summed E-state index contributed by atoms with van der Waals surface area (Å²) >= 11 is 0. The van der Waals surface area contributed by atoms with Gasteiger partial charge in [0.2, 0.25) is 0 Å². The summed E-state index contributed by atoms with van der Waals surface area (Å²) in [5, 5.41) is 11.1. The van der Waals surface area contributed by atoms with E-state index in [9.17, 15) is 4.79 Å². The van der Waals surface area contributed by atoms with Gasteiger partial charge in [0, 0.05) is 0 Å². The van der Waals surface area contributed by atoms with Crippen LogP contribution in [0.15, 0.2) is 41.1 Å². The van der Waals surface area contributed by atoms with Gasteiger partial charge in [-0.2, -0.15) is 0 Å². The van der Waals surface area contributed by atoms with Crippen LogP contribution in [-0.4, -0.2) is 24.0 Å². The van der Waals surface area contributed by atoms with Crippen LogP contribution in [0.5, 0.6) is 0 Å². The highest BCUT2D eigenvalue weighted by atomic mass is 16.5. The summed E-state index contributed by atoms with van der Waals surface area (Å²) in [6.07, 6.45) is 5.81. The van der Waals surface area contributed by atoms with Crippen molar-refractivity contribution in [2.24, 2.45) is 5.16 Å². The summed E-state index contributed by atoms with van der Waals surface area (Å²) in [5.41, 5.74) is 1.00. The molecule has 0 fully saturated rings. The molecular weight excluding hydrogens is 194 g/mol. The Kier molecular flexibility index (Phi) is 6.63. The number of ether oxygens (including phenoxy) is 1. The summed E-state index contributed by atoms with van der Waals surface area (Å²) in [6.45, 7) is 7.25. The van der Waals surface area contributed by atoms with Crippen molar-refractivity contribution < 1.29 is 14.7 Å². The Hall–Kier alpha value is -1.84. The second-order valence-electron chi connectivity index (χ2n) is 2.71. The van der Waals surface area contributed by atoms with Gasteiger partial charge >= 0.3 is 5.97 Å². The lowest BCUT2D eigenvalue weighted by Crippen LogP contribution is -2.06. The van der Waals surface area contributed by atoms with E-state index < -0.39 is 5.97 Å². The standard InChI is InChI=1S/C11H15NO3/c1-4-6-10(11(13)15-5-2)7-9(3)8-12-14/h4,6-8,14H,1,5H2,2-3H3/b9-7+,10-6+,12-8+. The number of esters is 1. The number of hydrogen-bond donors (Lipinski definition) is 1. The zero-order chi connectivity index (χ0) is 11.7. The average molecular weight is 209 g/mol. The van der Waals surface area contributed by atoms with E-state index in [2.05, 4.69) is 11.7 Å². The number of nitrogens with zero attached hydrogens (tertiary/aromatic N) is 1. The molecule has 0 unspecified atom stereocenters. The molecule has 0 aromatic carbocycles. The molecule has 0 aliphatic carbocycles. The molecule has 0 aromatic rings. The number of rotatable bonds is 5. The fraction of sp³-hybridized carbons (Fsp3) is 0.273. The van der Waals surface area contributed by atoms with Gasteiger partial charge in [-0.05, 0) is 31.6 Å². The Morgan fingerprint density at radius 3 is 2.73 bits per heavy atom. The first kappa shape index (κ1) is 13.2. The molecule has 0 saturated carbocycles. The van der Waals surface area contributed by atoms with Crippen molar-refractivity contribution in [3.63, 3.8) is 0 Å². The molecule has 0 aromatic heterocycles. The summed E-state index contributed by atoms with van der Waals surface area (Å²) in [5.74, 6) is -0.428. The summed E-state index contributed by atoms with van der Waals surface area (Å²) in [4.78, 5) is 11.4. The lowest BCUT2D eigenvalue weighted by atomic mass is 10.1. The maximum Gasteiger partial charge on any atom is 0.338 e. The lowest BCUT2D eigenvalue weighted by molar-refractivity contribution is -0.138. The molecule has 0 radical (unpaired) electrons. The van der Waals surface area contributed by atoms with Gasteiger partial charge in [0.1, 0.15) is 0 Å². The molecule has 4 nitrogen and oxygen atoms in total. The molecule has 0 aliphatic rings. The zero-order valence-corrected chi connectivity index (χ0v) is 8.93. The minimum Gasteiger partial charge on any atom is -0.462 e. The molecule has 0 amide bonds. The quantitative estimate of drug-likeness (QED) is 0.188. The predicted molar refractivity (Wildman–Crippen MR) is 58.9 cm³/mol. The lowest BCUT2D eigenvalue weighted by Gasteiger charge is -2.01. The fourth-order valence-electron chi connectivity index (χ4n) is 0.890. The van der Waals surface area contributed by atoms with E-state index >= 15 is 0 Å².